The first-order valence-corrected chi connectivity index (χ1v) is 16.9. The van der Waals surface area contributed by atoms with Crippen LogP contribution >= 0.6 is 10.5 Å². The molecule has 228 valence electrons. The third-order valence-corrected chi connectivity index (χ3v) is 10.7. The van der Waals surface area contributed by atoms with Crippen molar-refractivity contribution in [3.8, 4) is 17.2 Å². The number of hydrogen-bond donors (Lipinski definition) is 2. The molecule has 0 saturated carbocycles. The number of hydrogen-bond acceptors (Lipinski definition) is 5. The van der Waals surface area contributed by atoms with Gasteiger partial charge in [-0.25, -0.2) is 4.79 Å². The van der Waals surface area contributed by atoms with E-state index in [0.29, 0.717) is 6.42 Å². The molecule has 2 amide bonds. The van der Waals surface area contributed by atoms with Crippen molar-refractivity contribution in [2.75, 3.05) is 18.1 Å². The van der Waals surface area contributed by atoms with E-state index in [1.807, 2.05) is 68.4 Å². The molecular weight excluding hydrogens is 570 g/mol. The van der Waals surface area contributed by atoms with E-state index in [4.69, 9.17) is 4.74 Å². The average molecular weight is 610 g/mol. The second kappa shape index (κ2) is 14.5. The second-order valence-corrected chi connectivity index (χ2v) is 14.0. The molecule has 2 atom stereocenters. The average Bonchev–Trinajstić information content (AvgIpc) is 3.67. The smallest absolute Gasteiger partial charge is 0.407 e. The normalized spacial score (nSPS) is 15.5. The Kier molecular flexibility index (Phi) is 10.3. The standard InChI is InChI=1S/C36H39N3O4S/c1-24(2)20-32(39-36(42)43-23-30-28-16-8-6-14-26(28)27-15-7-9-17-29(27)30)35(41)38-31(21-25-12-4-3-5-13-25)34(40)33(22-37)44-18-10-11-19-44/h3-9,12-17,24,30-32H,10-11,18-21,23H2,1-2H3,(H,38,41)(H,39,42)/t31-,32-/m0/s1. The predicted octanol–water partition coefficient (Wildman–Crippen LogP) is 6.00. The highest BCUT2D eigenvalue weighted by atomic mass is 32.2. The Balaban J connectivity index is 1.30. The summed E-state index contributed by atoms with van der Waals surface area (Å²) >= 11 is 0. The summed E-state index contributed by atoms with van der Waals surface area (Å²) in [5.74, 6) is 0.853. The van der Waals surface area contributed by atoms with Crippen LogP contribution in [0.2, 0.25) is 0 Å². The second-order valence-electron chi connectivity index (χ2n) is 11.8. The first kappa shape index (κ1) is 31.2. The minimum atomic E-state index is -0.911. The molecular formula is C36H39N3O4S. The SMILES string of the molecule is CC(C)C[C@H](NC(=O)OCC1c2ccccc2-c2ccccc21)C(=O)N[C@@H](Cc1ccccc1)C(=O)C(C#N)=S1CCCC1. The highest BCUT2D eigenvalue weighted by molar-refractivity contribution is 8.17. The number of rotatable bonds is 11. The van der Waals surface area contributed by atoms with Crippen molar-refractivity contribution in [3.05, 3.63) is 95.6 Å². The lowest BCUT2D eigenvalue weighted by Crippen LogP contribution is -2.53. The number of nitrogens with zero attached hydrogens (tertiary/aromatic N) is 1. The molecule has 1 aliphatic heterocycles. The van der Waals surface area contributed by atoms with Gasteiger partial charge in [-0.2, -0.15) is 15.7 Å². The lowest BCUT2D eigenvalue weighted by Gasteiger charge is -2.24. The number of ether oxygens (including phenoxy) is 1. The fourth-order valence-electron chi connectivity index (χ4n) is 6.10. The number of fused-ring (bicyclic) bond motifs is 3. The Bertz CT molecular complexity index is 1540. The maximum atomic E-state index is 13.7. The summed E-state index contributed by atoms with van der Waals surface area (Å²) in [7, 11) is -0.388. The van der Waals surface area contributed by atoms with Gasteiger partial charge >= 0.3 is 6.09 Å². The third-order valence-electron chi connectivity index (χ3n) is 8.22. The largest absolute Gasteiger partial charge is 0.449 e. The van der Waals surface area contributed by atoms with Crippen LogP contribution in [-0.2, 0) is 20.7 Å². The van der Waals surface area contributed by atoms with Gasteiger partial charge < -0.3 is 15.4 Å². The molecule has 1 heterocycles. The zero-order valence-electron chi connectivity index (χ0n) is 25.3. The van der Waals surface area contributed by atoms with Crippen molar-refractivity contribution in [1.29, 1.82) is 5.26 Å². The van der Waals surface area contributed by atoms with Gasteiger partial charge in [-0.05, 0) is 64.5 Å². The van der Waals surface area contributed by atoms with Gasteiger partial charge in [-0.3, -0.25) is 9.59 Å². The number of nitriles is 1. The van der Waals surface area contributed by atoms with Gasteiger partial charge in [-0.1, -0.05) is 92.7 Å². The molecule has 0 spiro atoms. The van der Waals surface area contributed by atoms with Gasteiger partial charge in [0.1, 0.15) is 23.6 Å². The van der Waals surface area contributed by atoms with Gasteiger partial charge in [0.05, 0.1) is 6.04 Å². The van der Waals surface area contributed by atoms with Crippen molar-refractivity contribution in [2.24, 2.45) is 5.92 Å². The van der Waals surface area contributed by atoms with Gasteiger partial charge in [0.25, 0.3) is 0 Å². The molecule has 0 radical (unpaired) electrons. The zero-order chi connectivity index (χ0) is 31.1. The summed E-state index contributed by atoms with van der Waals surface area (Å²) in [4.78, 5) is 40.8. The fourth-order valence-corrected chi connectivity index (χ4v) is 8.37. The van der Waals surface area contributed by atoms with Crippen molar-refractivity contribution in [2.45, 2.75) is 57.5 Å². The minimum absolute atomic E-state index is 0.0871. The van der Waals surface area contributed by atoms with Gasteiger partial charge in [0.15, 0.2) is 0 Å². The van der Waals surface area contributed by atoms with Crippen molar-refractivity contribution in [1.82, 2.24) is 10.6 Å². The first-order chi connectivity index (χ1) is 21.4. The molecule has 1 saturated heterocycles. The monoisotopic (exact) mass is 609 g/mol. The van der Waals surface area contributed by atoms with E-state index in [-0.39, 0.29) is 46.0 Å². The third kappa shape index (κ3) is 7.28. The molecule has 2 aliphatic rings. The quantitative estimate of drug-likeness (QED) is 0.260. The summed E-state index contributed by atoms with van der Waals surface area (Å²) in [6, 6.07) is 26.0. The minimum Gasteiger partial charge on any atom is -0.449 e. The molecule has 0 unspecified atom stereocenters. The number of carbonyl (C=O) groups is 3. The molecule has 44 heavy (non-hydrogen) atoms. The van der Waals surface area contributed by atoms with Crippen LogP contribution in [0.1, 0.15) is 55.7 Å². The number of amides is 2. The first-order valence-electron chi connectivity index (χ1n) is 15.3. The van der Waals surface area contributed by atoms with Crippen LogP contribution in [0, 0.1) is 17.2 Å². The number of alkyl carbamates (subject to hydrolysis) is 1. The maximum Gasteiger partial charge on any atom is 0.407 e. The maximum absolute atomic E-state index is 13.7. The number of ketones is 1. The van der Waals surface area contributed by atoms with E-state index in [0.717, 1.165) is 52.2 Å². The summed E-state index contributed by atoms with van der Waals surface area (Å²) in [6.45, 7) is 4.07. The lowest BCUT2D eigenvalue weighted by molar-refractivity contribution is -0.127. The highest BCUT2D eigenvalue weighted by Gasteiger charge is 2.32. The van der Waals surface area contributed by atoms with Gasteiger partial charge in [-0.15, -0.1) is 0 Å². The molecule has 1 fully saturated rings. The van der Waals surface area contributed by atoms with Crippen LogP contribution in [0.3, 0.4) is 0 Å². The lowest BCUT2D eigenvalue weighted by atomic mass is 9.98. The summed E-state index contributed by atoms with van der Waals surface area (Å²) in [6.07, 6.45) is 1.93. The Hall–Kier alpha value is -4.22. The number of Topliss-reactive ketones (excluding diaryl/α,β-unsaturated/α-hetero) is 1. The molecule has 0 aromatic heterocycles. The van der Waals surface area contributed by atoms with Crippen LogP contribution in [0.15, 0.2) is 78.9 Å². The van der Waals surface area contributed by atoms with Crippen LogP contribution < -0.4 is 10.6 Å². The Morgan fingerprint density at radius 2 is 1.45 bits per heavy atom. The topological polar surface area (TPSA) is 108 Å². The van der Waals surface area contributed by atoms with E-state index in [1.165, 1.54) is 0 Å². The molecule has 8 heteroatoms. The van der Waals surface area contributed by atoms with Crippen LogP contribution in [0.25, 0.3) is 11.1 Å². The van der Waals surface area contributed by atoms with Gasteiger partial charge in [0, 0.05) is 12.3 Å². The summed E-state index contributed by atoms with van der Waals surface area (Å²) in [5.41, 5.74) is 5.36. The van der Waals surface area contributed by atoms with E-state index in [1.54, 1.807) is 0 Å². The predicted molar refractivity (Wildman–Crippen MR) is 176 cm³/mol. The molecule has 7 nitrogen and oxygen atoms in total. The van der Waals surface area contributed by atoms with E-state index < -0.39 is 24.1 Å². The molecule has 3 aromatic carbocycles. The van der Waals surface area contributed by atoms with Crippen LogP contribution in [0.4, 0.5) is 4.79 Å². The van der Waals surface area contributed by atoms with Crippen molar-refractivity contribution in [3.63, 3.8) is 0 Å². The van der Waals surface area contributed by atoms with Crippen molar-refractivity contribution < 1.29 is 19.1 Å². The Morgan fingerprint density at radius 1 is 0.864 bits per heavy atom. The van der Waals surface area contributed by atoms with E-state index in [2.05, 4.69) is 41.0 Å². The number of nitrogens with one attached hydrogen (secondary N) is 2. The number of benzene rings is 3. The molecule has 3 aromatic rings. The van der Waals surface area contributed by atoms with E-state index >= 15 is 0 Å². The molecule has 1 aliphatic carbocycles. The molecule has 0 bridgehead atoms. The Labute approximate surface area is 261 Å². The highest BCUT2D eigenvalue weighted by Crippen LogP contribution is 2.44. The molecule has 2 N–H and O–H groups in total. The Morgan fingerprint density at radius 3 is 2.05 bits per heavy atom. The van der Waals surface area contributed by atoms with Crippen LogP contribution in [0.5, 0.6) is 0 Å². The summed E-state index contributed by atoms with van der Waals surface area (Å²) in [5, 5.41) is 15.6. The zero-order valence-corrected chi connectivity index (χ0v) is 26.1. The van der Waals surface area contributed by atoms with Gasteiger partial charge in [0.2, 0.25) is 11.7 Å². The van der Waals surface area contributed by atoms with Crippen LogP contribution in [-0.4, -0.2) is 52.8 Å². The number of carbonyl (C=O) groups excluding carboxylic acids is 3. The fraction of sp³-hybridized carbons (Fsp3) is 0.361. The summed E-state index contributed by atoms with van der Waals surface area (Å²) < 4.78 is 5.73. The molecule has 5 rings (SSSR count). The van der Waals surface area contributed by atoms with Crippen molar-refractivity contribution >= 4 is 33.1 Å². The van der Waals surface area contributed by atoms with E-state index in [9.17, 15) is 19.6 Å².